The number of nitrogens with zero attached hydrogens (tertiary/aromatic N) is 4. The van der Waals surface area contributed by atoms with Gasteiger partial charge in [-0.05, 0) is 61.7 Å². The maximum absolute atomic E-state index is 14.8. The Labute approximate surface area is 268 Å². The van der Waals surface area contributed by atoms with Crippen molar-refractivity contribution in [2.75, 3.05) is 27.2 Å². The fourth-order valence-corrected chi connectivity index (χ4v) is 5.74. The second-order valence-electron chi connectivity index (χ2n) is 12.1. The van der Waals surface area contributed by atoms with Crippen LogP contribution in [0, 0.1) is 17.1 Å². The summed E-state index contributed by atoms with van der Waals surface area (Å²) in [6.45, 7) is 4.87. The molecule has 0 spiro atoms. The number of carbonyl (C=O) groups excluding carboxylic acids is 3. The number of methoxy groups -OCH3 is 1. The van der Waals surface area contributed by atoms with E-state index in [1.807, 2.05) is 0 Å². The highest BCUT2D eigenvalue weighted by atomic mass is 31.0. The number of hydrogen-bond acceptors (Lipinski definition) is 6. The van der Waals surface area contributed by atoms with Crippen molar-refractivity contribution < 1.29 is 37.0 Å². The van der Waals surface area contributed by atoms with Crippen molar-refractivity contribution in [1.29, 1.82) is 5.26 Å². The lowest BCUT2D eigenvalue weighted by atomic mass is 9.97. The Morgan fingerprint density at radius 1 is 1.13 bits per heavy atom. The predicted octanol–water partition coefficient (Wildman–Crippen LogP) is 5.86. The van der Waals surface area contributed by atoms with Crippen molar-refractivity contribution in [1.82, 2.24) is 14.7 Å². The monoisotopic (exact) mass is 656 g/mol. The minimum Gasteiger partial charge on any atom is -0.495 e. The lowest BCUT2D eigenvalue weighted by Crippen LogP contribution is -2.53. The van der Waals surface area contributed by atoms with Gasteiger partial charge in [0, 0.05) is 32.2 Å². The summed E-state index contributed by atoms with van der Waals surface area (Å²) in [7, 11) is 4.05. The normalized spacial score (nSPS) is 15.7. The number of ether oxygens (including phenoxy) is 2. The molecule has 3 aromatic carbocycles. The number of nitriles is 1. The summed E-state index contributed by atoms with van der Waals surface area (Å²) in [4.78, 5) is 44.1. The highest BCUT2D eigenvalue weighted by molar-refractivity contribution is 7.20. The van der Waals surface area contributed by atoms with Gasteiger partial charge in [-0.15, -0.1) is 0 Å². The topological polar surface area (TPSA) is 103 Å². The molecule has 0 bridgehead atoms. The van der Waals surface area contributed by atoms with Crippen LogP contribution in [-0.2, 0) is 20.9 Å². The Kier molecular flexibility index (Phi) is 10.2. The van der Waals surface area contributed by atoms with Crippen LogP contribution in [0.2, 0.25) is 0 Å². The van der Waals surface area contributed by atoms with Crippen molar-refractivity contribution in [2.45, 2.75) is 57.1 Å². The summed E-state index contributed by atoms with van der Waals surface area (Å²) in [5.41, 5.74) is -3.95. The molecule has 0 aliphatic carbocycles. The number of likely N-dealkylation sites (N-methyl/N-ethyl adjacent to an activating group) is 1. The second-order valence-corrected chi connectivity index (χ2v) is 12.8. The summed E-state index contributed by atoms with van der Waals surface area (Å²) in [5.74, 6) is -2.79. The van der Waals surface area contributed by atoms with Crippen LogP contribution in [-0.4, -0.2) is 77.2 Å². The largest absolute Gasteiger partial charge is 0.495 e. The molecule has 3 unspecified atom stereocenters. The Morgan fingerprint density at radius 2 is 1.78 bits per heavy atom. The van der Waals surface area contributed by atoms with E-state index in [4.69, 9.17) is 9.47 Å². The van der Waals surface area contributed by atoms with Gasteiger partial charge >= 0.3 is 11.8 Å². The first-order valence-corrected chi connectivity index (χ1v) is 15.1. The summed E-state index contributed by atoms with van der Waals surface area (Å²) in [6.07, 6.45) is -0.596. The third-order valence-corrected chi connectivity index (χ3v) is 7.87. The molecule has 244 valence electrons. The van der Waals surface area contributed by atoms with Gasteiger partial charge in [0.05, 0.1) is 18.7 Å². The lowest BCUT2D eigenvalue weighted by molar-refractivity contribution is -0.158. The van der Waals surface area contributed by atoms with Crippen molar-refractivity contribution in [3.63, 3.8) is 0 Å². The molecule has 0 N–H and O–H groups in total. The zero-order valence-corrected chi connectivity index (χ0v) is 27.4. The first kappa shape index (κ1) is 34.5. The van der Waals surface area contributed by atoms with Gasteiger partial charge < -0.3 is 24.2 Å². The SMILES string of the molecule is COc1c(C#N)cc2ccccc2c1CN(C)C(=O)C(c1ccc(F)cc1)N(C(=O)C(F)(F)P)C1CCN(C(=O)OC(C)(C)C)C1. The molecule has 9 nitrogen and oxygen atoms in total. The maximum Gasteiger partial charge on any atom is 0.410 e. The first-order chi connectivity index (χ1) is 21.6. The molecule has 1 aliphatic rings. The van der Waals surface area contributed by atoms with Gasteiger partial charge in [-0.2, -0.15) is 14.0 Å². The maximum atomic E-state index is 14.8. The van der Waals surface area contributed by atoms with E-state index in [1.54, 1.807) is 51.1 Å². The molecule has 1 aliphatic heterocycles. The van der Waals surface area contributed by atoms with Gasteiger partial charge in [-0.1, -0.05) is 45.6 Å². The zero-order chi connectivity index (χ0) is 34.0. The molecule has 3 aromatic rings. The summed E-state index contributed by atoms with van der Waals surface area (Å²) in [5, 5.41) is 11.2. The second kappa shape index (κ2) is 13.6. The summed E-state index contributed by atoms with van der Waals surface area (Å²) in [6, 6.07) is 13.0. The van der Waals surface area contributed by atoms with Crippen LogP contribution in [0.25, 0.3) is 10.8 Å². The molecular formula is C33H36F3N4O5P. The average molecular weight is 657 g/mol. The van der Waals surface area contributed by atoms with E-state index >= 15 is 0 Å². The Morgan fingerprint density at radius 3 is 2.37 bits per heavy atom. The molecular weight excluding hydrogens is 620 g/mol. The van der Waals surface area contributed by atoms with Crippen LogP contribution in [0.5, 0.6) is 5.75 Å². The molecule has 1 heterocycles. The van der Waals surface area contributed by atoms with Crippen molar-refractivity contribution in [3.8, 4) is 11.8 Å². The number of benzene rings is 3. The van der Waals surface area contributed by atoms with Gasteiger partial charge in [0.15, 0.2) is 0 Å². The smallest absolute Gasteiger partial charge is 0.410 e. The number of rotatable bonds is 8. The minimum atomic E-state index is -3.96. The van der Waals surface area contributed by atoms with Crippen LogP contribution >= 0.6 is 9.24 Å². The van der Waals surface area contributed by atoms with E-state index in [0.717, 1.165) is 22.4 Å². The van der Waals surface area contributed by atoms with Gasteiger partial charge in [-0.3, -0.25) is 9.59 Å². The number of alkyl halides is 2. The molecule has 0 saturated carbocycles. The molecule has 13 heteroatoms. The van der Waals surface area contributed by atoms with Crippen molar-refractivity contribution in [2.24, 2.45) is 0 Å². The third kappa shape index (κ3) is 7.53. The lowest BCUT2D eigenvalue weighted by Gasteiger charge is -2.39. The molecule has 3 amide bonds. The number of likely N-dealkylation sites (tertiary alicyclic amines) is 1. The average Bonchev–Trinajstić information content (AvgIpc) is 3.48. The Bertz CT molecular complexity index is 1670. The van der Waals surface area contributed by atoms with Gasteiger partial charge in [0.2, 0.25) is 5.91 Å². The molecule has 46 heavy (non-hydrogen) atoms. The van der Waals surface area contributed by atoms with Gasteiger partial charge in [0.1, 0.15) is 29.3 Å². The zero-order valence-electron chi connectivity index (χ0n) is 26.2. The molecule has 4 rings (SSSR count). The van der Waals surface area contributed by atoms with E-state index in [1.165, 1.54) is 45.3 Å². The molecule has 3 atom stereocenters. The number of carbonyl (C=O) groups is 3. The number of halogens is 3. The molecule has 0 aromatic heterocycles. The van der Waals surface area contributed by atoms with Gasteiger partial charge in [-0.25, -0.2) is 9.18 Å². The predicted molar refractivity (Wildman–Crippen MR) is 169 cm³/mol. The number of amides is 3. The fourth-order valence-electron chi connectivity index (χ4n) is 5.60. The molecule has 0 radical (unpaired) electrons. The number of hydrogen-bond donors (Lipinski definition) is 0. The van der Waals surface area contributed by atoms with Crippen LogP contribution in [0.4, 0.5) is 18.0 Å². The molecule has 1 saturated heterocycles. The Hall–Kier alpha value is -4.36. The van der Waals surface area contributed by atoms with E-state index in [9.17, 15) is 32.8 Å². The van der Waals surface area contributed by atoms with E-state index in [0.29, 0.717) is 10.9 Å². The summed E-state index contributed by atoms with van der Waals surface area (Å²) >= 11 is 0. The minimum absolute atomic E-state index is 0.0864. The first-order valence-electron chi connectivity index (χ1n) is 14.5. The van der Waals surface area contributed by atoms with Crippen LogP contribution in [0.1, 0.15) is 49.9 Å². The quantitative estimate of drug-likeness (QED) is 0.282. The van der Waals surface area contributed by atoms with E-state index in [-0.39, 0.29) is 42.9 Å². The Balaban J connectivity index is 1.79. The van der Waals surface area contributed by atoms with Crippen LogP contribution in [0.3, 0.4) is 0 Å². The van der Waals surface area contributed by atoms with E-state index in [2.05, 4.69) is 6.07 Å². The van der Waals surface area contributed by atoms with Gasteiger partial charge in [0.25, 0.3) is 5.91 Å². The highest BCUT2D eigenvalue weighted by Crippen LogP contribution is 2.37. The highest BCUT2D eigenvalue weighted by Gasteiger charge is 2.48. The third-order valence-electron chi connectivity index (χ3n) is 7.63. The fraction of sp³-hybridized carbons (Fsp3) is 0.394. The van der Waals surface area contributed by atoms with E-state index < -0.39 is 47.1 Å². The van der Waals surface area contributed by atoms with Crippen LogP contribution in [0.15, 0.2) is 54.6 Å². The molecule has 1 fully saturated rings. The van der Waals surface area contributed by atoms with Crippen LogP contribution < -0.4 is 4.74 Å². The number of fused-ring (bicyclic) bond motifs is 1. The standard InChI is InChI=1S/C33H36F3N4O5P/c1-32(2,3)45-31(43)39-15-14-24(18-39)40(30(42)33(35,36)46)27(20-10-12-23(34)13-11-20)29(41)38(4)19-26-25-9-7-6-8-21(25)16-22(17-37)28(26)44-5/h6-13,16,24,27H,14-15,18-19,46H2,1-5H3. The van der Waals surface area contributed by atoms with Crippen molar-refractivity contribution >= 4 is 37.9 Å². The summed E-state index contributed by atoms with van der Waals surface area (Å²) < 4.78 is 54.7. The van der Waals surface area contributed by atoms with Crippen molar-refractivity contribution in [3.05, 3.63) is 77.1 Å².